The van der Waals surface area contributed by atoms with Crippen molar-refractivity contribution in [2.45, 2.75) is 38.5 Å². The second kappa shape index (κ2) is 12.5. The van der Waals surface area contributed by atoms with Crippen LogP contribution in [-0.4, -0.2) is 50.0 Å². The Balaban J connectivity index is 1.68. The molecule has 1 amide bonds. The number of hydrogen-bond acceptors (Lipinski definition) is 7. The Kier molecular flexibility index (Phi) is 9.11. The first kappa shape index (κ1) is 28.4. The van der Waals surface area contributed by atoms with Gasteiger partial charge in [-0.3, -0.25) is 4.79 Å². The SMILES string of the molecule is CCCN(CCC)S(=O)(=O)c1ccc(C(=O)N(/N=C/c2ccc(OC)cc2)c2nc3ccc(C)cc3s2)cc1. The number of hydrazone groups is 1. The van der Waals surface area contributed by atoms with E-state index in [0.29, 0.717) is 29.5 Å². The van der Waals surface area contributed by atoms with Gasteiger partial charge in [-0.1, -0.05) is 31.3 Å². The van der Waals surface area contributed by atoms with E-state index in [9.17, 15) is 13.2 Å². The molecule has 4 rings (SSSR count). The minimum atomic E-state index is -3.66. The van der Waals surface area contributed by atoms with Crippen molar-refractivity contribution >= 4 is 48.8 Å². The van der Waals surface area contributed by atoms with Crippen LogP contribution in [-0.2, 0) is 10.0 Å². The van der Waals surface area contributed by atoms with Crippen molar-refractivity contribution < 1.29 is 17.9 Å². The van der Waals surface area contributed by atoms with E-state index >= 15 is 0 Å². The molecule has 0 aliphatic heterocycles. The molecule has 0 bridgehead atoms. The number of aromatic nitrogens is 1. The third kappa shape index (κ3) is 6.52. The number of anilines is 1. The summed E-state index contributed by atoms with van der Waals surface area (Å²) in [7, 11) is -2.06. The maximum Gasteiger partial charge on any atom is 0.280 e. The number of thiazole rings is 1. The average molecular weight is 565 g/mol. The Morgan fingerprint density at radius 1 is 1.00 bits per heavy atom. The van der Waals surface area contributed by atoms with Crippen LogP contribution in [0, 0.1) is 6.92 Å². The fourth-order valence-electron chi connectivity index (χ4n) is 4.01. The Hall–Kier alpha value is -3.60. The number of nitrogens with zero attached hydrogens (tertiary/aromatic N) is 4. The van der Waals surface area contributed by atoms with E-state index in [2.05, 4.69) is 10.1 Å². The second-order valence-electron chi connectivity index (χ2n) is 9.03. The Labute approximate surface area is 233 Å². The quantitative estimate of drug-likeness (QED) is 0.162. The zero-order chi connectivity index (χ0) is 28.0. The van der Waals surface area contributed by atoms with Crippen LogP contribution in [0.25, 0.3) is 10.2 Å². The molecular weight excluding hydrogens is 532 g/mol. The largest absolute Gasteiger partial charge is 0.497 e. The summed E-state index contributed by atoms with van der Waals surface area (Å²) >= 11 is 1.36. The van der Waals surface area contributed by atoms with Gasteiger partial charge in [-0.25, -0.2) is 13.4 Å². The van der Waals surface area contributed by atoms with Gasteiger partial charge >= 0.3 is 0 Å². The molecule has 8 nitrogen and oxygen atoms in total. The molecule has 4 aromatic rings. The first-order valence-corrected chi connectivity index (χ1v) is 15.0. The smallest absolute Gasteiger partial charge is 0.280 e. The maximum atomic E-state index is 13.7. The van der Waals surface area contributed by atoms with Gasteiger partial charge < -0.3 is 4.74 Å². The Morgan fingerprint density at radius 3 is 2.28 bits per heavy atom. The average Bonchev–Trinajstić information content (AvgIpc) is 3.36. The molecule has 0 spiro atoms. The van der Waals surface area contributed by atoms with Crippen LogP contribution in [0.15, 0.2) is 76.7 Å². The van der Waals surface area contributed by atoms with Gasteiger partial charge in [-0.05, 0) is 91.6 Å². The third-order valence-corrected chi connectivity index (χ3v) is 8.94. The predicted molar refractivity (Wildman–Crippen MR) is 158 cm³/mol. The van der Waals surface area contributed by atoms with E-state index in [1.165, 1.54) is 44.9 Å². The highest BCUT2D eigenvalue weighted by Crippen LogP contribution is 2.31. The summed E-state index contributed by atoms with van der Waals surface area (Å²) in [4.78, 5) is 18.5. The topological polar surface area (TPSA) is 92.2 Å². The lowest BCUT2D eigenvalue weighted by Crippen LogP contribution is -2.32. The number of benzene rings is 3. The molecule has 0 N–H and O–H groups in total. The van der Waals surface area contributed by atoms with Crippen molar-refractivity contribution in [2.75, 3.05) is 25.2 Å². The maximum absolute atomic E-state index is 13.7. The van der Waals surface area contributed by atoms with Crippen LogP contribution in [0.2, 0.25) is 0 Å². The van der Waals surface area contributed by atoms with Gasteiger partial charge in [0.25, 0.3) is 5.91 Å². The van der Waals surface area contributed by atoms with Gasteiger partial charge in [0.2, 0.25) is 15.2 Å². The van der Waals surface area contributed by atoms with Crippen LogP contribution >= 0.6 is 11.3 Å². The number of hydrogen-bond donors (Lipinski definition) is 0. The number of rotatable bonds is 11. The molecule has 10 heteroatoms. The number of sulfonamides is 1. The fourth-order valence-corrected chi connectivity index (χ4v) is 6.65. The van der Waals surface area contributed by atoms with E-state index < -0.39 is 15.9 Å². The standard InChI is InChI=1S/C29H32N4O4S2/c1-5-17-32(18-6-2)39(35,36)25-14-10-23(11-15-25)28(34)33(30-20-22-8-12-24(37-4)13-9-22)29-31-26-16-7-21(3)19-27(26)38-29/h7-16,19-20H,5-6,17-18H2,1-4H3/b30-20+. The molecule has 3 aromatic carbocycles. The molecule has 0 unspecified atom stereocenters. The Bertz CT molecular complexity index is 1560. The first-order chi connectivity index (χ1) is 18.8. The molecule has 0 radical (unpaired) electrons. The normalized spacial score (nSPS) is 11.9. The molecule has 0 aliphatic carbocycles. The minimum Gasteiger partial charge on any atom is -0.497 e. The molecule has 1 aromatic heterocycles. The number of aryl methyl sites for hydroxylation is 1. The van der Waals surface area contributed by atoms with Gasteiger partial charge in [0.05, 0.1) is 28.4 Å². The van der Waals surface area contributed by atoms with Gasteiger partial charge in [0.15, 0.2) is 0 Å². The molecule has 0 saturated carbocycles. The minimum absolute atomic E-state index is 0.157. The van der Waals surface area contributed by atoms with E-state index in [4.69, 9.17) is 4.74 Å². The molecule has 0 fully saturated rings. The van der Waals surface area contributed by atoms with Gasteiger partial charge in [0.1, 0.15) is 5.75 Å². The first-order valence-electron chi connectivity index (χ1n) is 12.8. The summed E-state index contributed by atoms with van der Waals surface area (Å²) in [5.74, 6) is 0.298. The molecule has 204 valence electrons. The Morgan fingerprint density at radius 2 is 1.67 bits per heavy atom. The summed E-state index contributed by atoms with van der Waals surface area (Å²) in [5.41, 5.74) is 2.94. The highest BCUT2D eigenvalue weighted by molar-refractivity contribution is 7.89. The number of ether oxygens (including phenoxy) is 1. The van der Waals surface area contributed by atoms with E-state index in [1.807, 2.05) is 63.2 Å². The van der Waals surface area contributed by atoms with Crippen molar-refractivity contribution in [1.82, 2.24) is 9.29 Å². The number of fused-ring (bicyclic) bond motifs is 1. The lowest BCUT2D eigenvalue weighted by molar-refractivity contribution is 0.0987. The van der Waals surface area contributed by atoms with Crippen molar-refractivity contribution in [3.63, 3.8) is 0 Å². The zero-order valence-electron chi connectivity index (χ0n) is 22.5. The van der Waals surface area contributed by atoms with E-state index in [1.54, 1.807) is 13.3 Å². The summed E-state index contributed by atoms with van der Waals surface area (Å²) < 4.78 is 34.0. The monoisotopic (exact) mass is 564 g/mol. The summed E-state index contributed by atoms with van der Waals surface area (Å²) in [6, 6.07) is 19.2. The van der Waals surface area contributed by atoms with E-state index in [0.717, 1.165) is 34.2 Å². The van der Waals surface area contributed by atoms with Crippen LogP contribution in [0.1, 0.15) is 48.2 Å². The van der Waals surface area contributed by atoms with Crippen LogP contribution < -0.4 is 9.75 Å². The third-order valence-electron chi connectivity index (χ3n) is 6.03. The van der Waals surface area contributed by atoms with Crippen molar-refractivity contribution in [3.8, 4) is 5.75 Å². The van der Waals surface area contributed by atoms with E-state index in [-0.39, 0.29) is 4.90 Å². The van der Waals surface area contributed by atoms with Crippen molar-refractivity contribution in [2.24, 2.45) is 5.10 Å². The van der Waals surface area contributed by atoms with Crippen molar-refractivity contribution in [1.29, 1.82) is 0 Å². The van der Waals surface area contributed by atoms with Gasteiger partial charge in [-0.15, -0.1) is 0 Å². The highest BCUT2D eigenvalue weighted by atomic mass is 32.2. The predicted octanol–water partition coefficient (Wildman–Crippen LogP) is 6.10. The zero-order valence-corrected chi connectivity index (χ0v) is 24.1. The van der Waals surface area contributed by atoms with Crippen LogP contribution in [0.5, 0.6) is 5.75 Å². The molecule has 0 saturated heterocycles. The van der Waals surface area contributed by atoms with Crippen LogP contribution in [0.3, 0.4) is 0 Å². The number of methoxy groups -OCH3 is 1. The molecular formula is C29H32N4O4S2. The summed E-state index contributed by atoms with van der Waals surface area (Å²) in [6.07, 6.45) is 3.03. The molecule has 0 aliphatic rings. The number of carbonyl (C=O) groups excluding carboxylic acids is 1. The molecule has 1 heterocycles. The number of amides is 1. The van der Waals surface area contributed by atoms with Crippen LogP contribution in [0.4, 0.5) is 5.13 Å². The van der Waals surface area contributed by atoms with Crippen molar-refractivity contribution in [3.05, 3.63) is 83.4 Å². The lowest BCUT2D eigenvalue weighted by Gasteiger charge is -2.21. The second-order valence-corrected chi connectivity index (χ2v) is 12.0. The highest BCUT2D eigenvalue weighted by Gasteiger charge is 2.25. The summed E-state index contributed by atoms with van der Waals surface area (Å²) in [6.45, 7) is 6.79. The lowest BCUT2D eigenvalue weighted by atomic mass is 10.2. The fraction of sp³-hybridized carbons (Fsp3) is 0.276. The number of carbonyl (C=O) groups is 1. The molecule has 0 atom stereocenters. The van der Waals surface area contributed by atoms with Gasteiger partial charge in [-0.2, -0.15) is 14.4 Å². The summed E-state index contributed by atoms with van der Waals surface area (Å²) in [5, 5.41) is 6.18. The molecule has 39 heavy (non-hydrogen) atoms. The van der Waals surface area contributed by atoms with Gasteiger partial charge in [0, 0.05) is 18.7 Å².